The van der Waals surface area contributed by atoms with Crippen molar-refractivity contribution in [2.45, 2.75) is 31.9 Å². The van der Waals surface area contributed by atoms with E-state index in [9.17, 15) is 4.79 Å². The molecule has 1 fully saturated rings. The summed E-state index contributed by atoms with van der Waals surface area (Å²) < 4.78 is 5.14. The van der Waals surface area contributed by atoms with Crippen LogP contribution < -0.4 is 0 Å². The van der Waals surface area contributed by atoms with Crippen LogP contribution in [-0.4, -0.2) is 42.2 Å². The van der Waals surface area contributed by atoms with Crippen molar-refractivity contribution in [2.75, 3.05) is 20.3 Å². The Labute approximate surface area is 114 Å². The van der Waals surface area contributed by atoms with Crippen LogP contribution in [0.5, 0.6) is 0 Å². The number of hydrogen-bond donors (Lipinski definition) is 1. The van der Waals surface area contributed by atoms with E-state index < -0.39 is 0 Å². The third kappa shape index (κ3) is 3.14. The van der Waals surface area contributed by atoms with Gasteiger partial charge in [0, 0.05) is 25.3 Å². The van der Waals surface area contributed by atoms with E-state index in [1.807, 2.05) is 24.3 Å². The standard InChI is InChI=1S/C15H21NO3/c1-19-11-12-5-2-3-8-14(12)15(18)16(9-10-17)13-6-4-7-13/h2-3,5,8,13,17H,4,6-7,9-11H2,1H3. The van der Waals surface area contributed by atoms with E-state index in [1.54, 1.807) is 12.0 Å². The molecular weight excluding hydrogens is 242 g/mol. The van der Waals surface area contributed by atoms with Crippen molar-refractivity contribution in [3.8, 4) is 0 Å². The number of aliphatic hydroxyl groups is 1. The van der Waals surface area contributed by atoms with Gasteiger partial charge in [0.25, 0.3) is 5.91 Å². The van der Waals surface area contributed by atoms with E-state index in [2.05, 4.69) is 0 Å². The van der Waals surface area contributed by atoms with Crippen LogP contribution in [-0.2, 0) is 11.3 Å². The molecule has 19 heavy (non-hydrogen) atoms. The van der Waals surface area contributed by atoms with E-state index in [0.29, 0.717) is 18.7 Å². The molecule has 0 saturated heterocycles. The summed E-state index contributed by atoms with van der Waals surface area (Å²) in [6.45, 7) is 0.846. The lowest BCUT2D eigenvalue weighted by molar-refractivity contribution is 0.0521. The number of ether oxygens (including phenoxy) is 1. The minimum atomic E-state index is 0.00593. The highest BCUT2D eigenvalue weighted by atomic mass is 16.5. The van der Waals surface area contributed by atoms with Crippen molar-refractivity contribution in [1.82, 2.24) is 4.90 Å². The van der Waals surface area contributed by atoms with Crippen LogP contribution in [0.1, 0.15) is 35.2 Å². The van der Waals surface area contributed by atoms with Gasteiger partial charge in [0.15, 0.2) is 0 Å². The number of benzene rings is 1. The normalized spacial score (nSPS) is 15.1. The summed E-state index contributed by atoms with van der Waals surface area (Å²) >= 11 is 0. The Balaban J connectivity index is 2.20. The van der Waals surface area contributed by atoms with Gasteiger partial charge in [-0.1, -0.05) is 18.2 Å². The molecule has 1 aromatic carbocycles. The van der Waals surface area contributed by atoms with Crippen LogP contribution in [0, 0.1) is 0 Å². The maximum Gasteiger partial charge on any atom is 0.254 e. The molecule has 4 heteroatoms. The predicted molar refractivity (Wildman–Crippen MR) is 72.9 cm³/mol. The van der Waals surface area contributed by atoms with Crippen LogP contribution in [0.25, 0.3) is 0 Å². The summed E-state index contributed by atoms with van der Waals surface area (Å²) in [7, 11) is 1.62. The van der Waals surface area contributed by atoms with Gasteiger partial charge in [-0.05, 0) is 30.9 Å². The van der Waals surface area contributed by atoms with Crippen LogP contribution in [0.15, 0.2) is 24.3 Å². The van der Waals surface area contributed by atoms with Gasteiger partial charge in [-0.15, -0.1) is 0 Å². The number of aliphatic hydroxyl groups excluding tert-OH is 1. The quantitative estimate of drug-likeness (QED) is 0.851. The Morgan fingerprint density at radius 3 is 2.74 bits per heavy atom. The number of nitrogens with zero attached hydrogens (tertiary/aromatic N) is 1. The second-order valence-electron chi connectivity index (χ2n) is 4.90. The molecule has 1 saturated carbocycles. The number of amides is 1. The number of rotatable bonds is 6. The molecule has 0 unspecified atom stereocenters. The van der Waals surface area contributed by atoms with Gasteiger partial charge in [-0.3, -0.25) is 4.79 Å². The maximum absolute atomic E-state index is 12.6. The Morgan fingerprint density at radius 1 is 1.42 bits per heavy atom. The summed E-state index contributed by atoms with van der Waals surface area (Å²) in [6.07, 6.45) is 3.25. The fourth-order valence-electron chi connectivity index (χ4n) is 2.42. The van der Waals surface area contributed by atoms with Crippen molar-refractivity contribution in [3.05, 3.63) is 35.4 Å². The minimum absolute atomic E-state index is 0.00593. The maximum atomic E-state index is 12.6. The molecule has 0 spiro atoms. The second kappa shape index (κ2) is 6.68. The highest BCUT2D eigenvalue weighted by Gasteiger charge is 2.29. The Bertz CT molecular complexity index is 429. The Morgan fingerprint density at radius 2 is 2.16 bits per heavy atom. The topological polar surface area (TPSA) is 49.8 Å². The average Bonchev–Trinajstić information content (AvgIpc) is 2.36. The fourth-order valence-corrected chi connectivity index (χ4v) is 2.42. The lowest BCUT2D eigenvalue weighted by Crippen LogP contribution is -2.45. The molecule has 0 radical (unpaired) electrons. The molecule has 4 nitrogen and oxygen atoms in total. The van der Waals surface area contributed by atoms with Gasteiger partial charge in [0.05, 0.1) is 13.2 Å². The van der Waals surface area contributed by atoms with Gasteiger partial charge in [-0.2, -0.15) is 0 Å². The van der Waals surface area contributed by atoms with Crippen molar-refractivity contribution in [2.24, 2.45) is 0 Å². The zero-order valence-electron chi connectivity index (χ0n) is 11.3. The zero-order chi connectivity index (χ0) is 13.7. The first kappa shape index (κ1) is 14.0. The largest absolute Gasteiger partial charge is 0.395 e. The first-order valence-electron chi connectivity index (χ1n) is 6.76. The van der Waals surface area contributed by atoms with E-state index >= 15 is 0 Å². The molecule has 1 N–H and O–H groups in total. The molecular formula is C15H21NO3. The lowest BCUT2D eigenvalue weighted by Gasteiger charge is -2.37. The molecule has 1 aromatic rings. The summed E-state index contributed by atoms with van der Waals surface area (Å²) in [4.78, 5) is 14.4. The SMILES string of the molecule is COCc1ccccc1C(=O)N(CCO)C1CCC1. The molecule has 1 aliphatic rings. The molecule has 1 amide bonds. The second-order valence-corrected chi connectivity index (χ2v) is 4.90. The van der Waals surface area contributed by atoms with Crippen molar-refractivity contribution in [1.29, 1.82) is 0 Å². The highest BCUT2D eigenvalue weighted by Crippen LogP contribution is 2.26. The third-order valence-corrected chi connectivity index (χ3v) is 3.66. The molecule has 104 valence electrons. The molecule has 0 atom stereocenters. The Kier molecular flexibility index (Phi) is 4.93. The zero-order valence-corrected chi connectivity index (χ0v) is 11.3. The molecule has 0 aliphatic heterocycles. The predicted octanol–water partition coefficient (Wildman–Crippen LogP) is 1.82. The van der Waals surface area contributed by atoms with E-state index in [4.69, 9.17) is 9.84 Å². The number of hydrogen-bond acceptors (Lipinski definition) is 3. The smallest absolute Gasteiger partial charge is 0.254 e. The van der Waals surface area contributed by atoms with Gasteiger partial charge >= 0.3 is 0 Å². The Hall–Kier alpha value is -1.39. The van der Waals surface area contributed by atoms with Gasteiger partial charge in [0.2, 0.25) is 0 Å². The number of carbonyl (C=O) groups excluding carboxylic acids is 1. The summed E-state index contributed by atoms with van der Waals surface area (Å²) in [6, 6.07) is 7.80. The van der Waals surface area contributed by atoms with E-state index in [1.165, 1.54) is 6.42 Å². The van der Waals surface area contributed by atoms with Gasteiger partial charge in [0.1, 0.15) is 0 Å². The van der Waals surface area contributed by atoms with Crippen molar-refractivity contribution in [3.63, 3.8) is 0 Å². The van der Waals surface area contributed by atoms with E-state index in [0.717, 1.165) is 18.4 Å². The first-order chi connectivity index (χ1) is 9.27. The number of carbonyl (C=O) groups is 1. The van der Waals surface area contributed by atoms with Gasteiger partial charge in [-0.25, -0.2) is 0 Å². The minimum Gasteiger partial charge on any atom is -0.395 e. The fraction of sp³-hybridized carbons (Fsp3) is 0.533. The molecule has 0 heterocycles. The number of methoxy groups -OCH3 is 1. The molecule has 2 rings (SSSR count). The van der Waals surface area contributed by atoms with Crippen LogP contribution >= 0.6 is 0 Å². The summed E-state index contributed by atoms with van der Waals surface area (Å²) in [5, 5.41) is 9.16. The van der Waals surface area contributed by atoms with Crippen LogP contribution in [0.2, 0.25) is 0 Å². The first-order valence-corrected chi connectivity index (χ1v) is 6.76. The highest BCUT2D eigenvalue weighted by molar-refractivity contribution is 5.96. The van der Waals surface area contributed by atoms with Crippen LogP contribution in [0.4, 0.5) is 0 Å². The van der Waals surface area contributed by atoms with Gasteiger partial charge < -0.3 is 14.7 Å². The average molecular weight is 263 g/mol. The summed E-state index contributed by atoms with van der Waals surface area (Å²) in [5.41, 5.74) is 1.59. The van der Waals surface area contributed by atoms with Crippen molar-refractivity contribution < 1.29 is 14.6 Å². The van der Waals surface area contributed by atoms with Crippen molar-refractivity contribution >= 4 is 5.91 Å². The lowest BCUT2D eigenvalue weighted by atomic mass is 9.90. The molecule has 0 aromatic heterocycles. The molecule has 1 aliphatic carbocycles. The van der Waals surface area contributed by atoms with E-state index in [-0.39, 0.29) is 18.6 Å². The molecule has 0 bridgehead atoms. The van der Waals surface area contributed by atoms with Crippen LogP contribution in [0.3, 0.4) is 0 Å². The third-order valence-electron chi connectivity index (χ3n) is 3.66. The monoisotopic (exact) mass is 263 g/mol. The summed E-state index contributed by atoms with van der Waals surface area (Å²) in [5.74, 6) is 0.00593.